The maximum Gasteiger partial charge on any atom is 0.146 e. The van der Waals surface area contributed by atoms with E-state index in [0.717, 1.165) is 23.4 Å². The number of hydrogen-bond donors (Lipinski definition) is 0. The second-order valence-corrected chi connectivity index (χ2v) is 6.59. The number of anilines is 1. The highest BCUT2D eigenvalue weighted by atomic mass is 79.9. The molecule has 1 aromatic heterocycles. The lowest BCUT2D eigenvalue weighted by atomic mass is 10.2. The number of likely N-dealkylation sites (tertiary alicyclic amines) is 1. The first-order valence-electron chi connectivity index (χ1n) is 7.63. The third-order valence-electron chi connectivity index (χ3n) is 3.90. The molecule has 0 amide bonds. The van der Waals surface area contributed by atoms with Gasteiger partial charge in [0.05, 0.1) is 4.47 Å². The van der Waals surface area contributed by atoms with Gasteiger partial charge in [-0.25, -0.2) is 9.97 Å². The summed E-state index contributed by atoms with van der Waals surface area (Å²) in [5.41, 5.74) is 0. The van der Waals surface area contributed by atoms with E-state index in [4.69, 9.17) is 0 Å². The highest BCUT2D eigenvalue weighted by molar-refractivity contribution is 9.10. The molecule has 1 aromatic rings. The van der Waals surface area contributed by atoms with Crippen molar-refractivity contribution >= 4 is 21.7 Å². The minimum Gasteiger partial charge on any atom is -0.352 e. The Morgan fingerprint density at radius 1 is 1.25 bits per heavy atom. The van der Waals surface area contributed by atoms with Crippen LogP contribution in [0.25, 0.3) is 0 Å². The lowest BCUT2D eigenvalue weighted by Gasteiger charge is -2.31. The number of halogens is 1. The van der Waals surface area contributed by atoms with Crippen molar-refractivity contribution in [3.8, 4) is 0 Å². The summed E-state index contributed by atoms with van der Waals surface area (Å²) in [6.07, 6.45) is 8.92. The van der Waals surface area contributed by atoms with Gasteiger partial charge in [-0.2, -0.15) is 0 Å². The Morgan fingerprint density at radius 3 is 2.55 bits per heavy atom. The zero-order valence-electron chi connectivity index (χ0n) is 12.6. The topological polar surface area (TPSA) is 32.3 Å². The average Bonchev–Trinajstić information content (AvgIpc) is 2.69. The summed E-state index contributed by atoms with van der Waals surface area (Å²) >= 11 is 3.56. The lowest BCUT2D eigenvalue weighted by Crippen LogP contribution is -2.40. The maximum absolute atomic E-state index is 4.43. The van der Waals surface area contributed by atoms with Gasteiger partial charge in [-0.05, 0) is 55.7 Å². The minimum absolute atomic E-state index is 0.438. The molecule has 1 aliphatic rings. The number of hydrogen-bond acceptors (Lipinski definition) is 4. The molecule has 112 valence electrons. The van der Waals surface area contributed by atoms with E-state index < -0.39 is 0 Å². The van der Waals surface area contributed by atoms with Crippen molar-refractivity contribution in [3.05, 3.63) is 17.0 Å². The maximum atomic E-state index is 4.43. The summed E-state index contributed by atoms with van der Waals surface area (Å²) < 4.78 is 0.976. The van der Waals surface area contributed by atoms with Gasteiger partial charge in [0.1, 0.15) is 12.1 Å². The van der Waals surface area contributed by atoms with Gasteiger partial charge in [-0.3, -0.25) is 0 Å². The highest BCUT2D eigenvalue weighted by Crippen LogP contribution is 2.23. The number of rotatable bonds is 5. The van der Waals surface area contributed by atoms with Gasteiger partial charge in [0.2, 0.25) is 0 Å². The van der Waals surface area contributed by atoms with E-state index >= 15 is 0 Å². The summed E-state index contributed by atoms with van der Waals surface area (Å²) in [6.45, 7) is 9.07. The quantitative estimate of drug-likeness (QED) is 0.822. The van der Waals surface area contributed by atoms with E-state index in [1.54, 1.807) is 6.33 Å². The van der Waals surface area contributed by atoms with Gasteiger partial charge < -0.3 is 9.80 Å². The standard InChI is InChI=1S/C15H25BrN4/c1-13(2)20(15-14(16)11-17-12-18-15)10-9-19-7-5-3-4-6-8-19/h11-13H,3-10H2,1-2H3. The molecule has 2 heterocycles. The second kappa shape index (κ2) is 7.93. The summed E-state index contributed by atoms with van der Waals surface area (Å²) in [5, 5.41) is 0. The molecule has 0 atom stereocenters. The van der Waals surface area contributed by atoms with Crippen molar-refractivity contribution in [1.82, 2.24) is 14.9 Å². The van der Waals surface area contributed by atoms with Crippen LogP contribution in [0.2, 0.25) is 0 Å². The van der Waals surface area contributed by atoms with Gasteiger partial charge in [0.15, 0.2) is 0 Å². The molecule has 0 aromatic carbocycles. The van der Waals surface area contributed by atoms with Gasteiger partial charge in [-0.1, -0.05) is 12.8 Å². The molecular weight excluding hydrogens is 316 g/mol. The van der Waals surface area contributed by atoms with Crippen LogP contribution >= 0.6 is 15.9 Å². The minimum atomic E-state index is 0.438. The molecule has 5 heteroatoms. The van der Waals surface area contributed by atoms with Gasteiger partial charge >= 0.3 is 0 Å². The van der Waals surface area contributed by atoms with Crippen LogP contribution in [0.5, 0.6) is 0 Å². The van der Waals surface area contributed by atoms with Gasteiger partial charge in [0, 0.05) is 25.3 Å². The molecule has 1 fully saturated rings. The second-order valence-electron chi connectivity index (χ2n) is 5.74. The molecule has 2 rings (SSSR count). The van der Waals surface area contributed by atoms with Crippen LogP contribution in [-0.2, 0) is 0 Å². The Morgan fingerprint density at radius 2 is 1.95 bits per heavy atom. The summed E-state index contributed by atoms with van der Waals surface area (Å²) in [4.78, 5) is 13.4. The largest absolute Gasteiger partial charge is 0.352 e. The number of nitrogens with zero attached hydrogens (tertiary/aromatic N) is 4. The molecule has 20 heavy (non-hydrogen) atoms. The fourth-order valence-electron chi connectivity index (χ4n) is 2.74. The summed E-state index contributed by atoms with van der Waals surface area (Å²) in [5.74, 6) is 1.00. The van der Waals surface area contributed by atoms with Crippen LogP contribution < -0.4 is 4.90 Å². The predicted molar refractivity (Wildman–Crippen MR) is 87.1 cm³/mol. The predicted octanol–water partition coefficient (Wildman–Crippen LogP) is 3.33. The molecule has 4 nitrogen and oxygen atoms in total. The van der Waals surface area contributed by atoms with Crippen molar-refractivity contribution in [3.63, 3.8) is 0 Å². The van der Waals surface area contributed by atoms with E-state index in [1.165, 1.54) is 38.8 Å². The molecule has 1 saturated heterocycles. The fraction of sp³-hybridized carbons (Fsp3) is 0.733. The van der Waals surface area contributed by atoms with Crippen LogP contribution in [-0.4, -0.2) is 47.1 Å². The number of aromatic nitrogens is 2. The normalized spacial score (nSPS) is 17.2. The smallest absolute Gasteiger partial charge is 0.146 e. The van der Waals surface area contributed by atoms with Crippen molar-refractivity contribution in [2.24, 2.45) is 0 Å². The fourth-order valence-corrected chi connectivity index (χ4v) is 3.18. The molecule has 0 spiro atoms. The molecule has 0 saturated carbocycles. The monoisotopic (exact) mass is 340 g/mol. The van der Waals surface area contributed by atoms with Crippen LogP contribution in [0.1, 0.15) is 39.5 Å². The van der Waals surface area contributed by atoms with Gasteiger partial charge in [-0.15, -0.1) is 0 Å². The van der Waals surface area contributed by atoms with Crippen molar-refractivity contribution in [1.29, 1.82) is 0 Å². The SMILES string of the molecule is CC(C)N(CCN1CCCCCC1)c1ncncc1Br. The Hall–Kier alpha value is -0.680. The van der Waals surface area contributed by atoms with Crippen LogP contribution in [0.4, 0.5) is 5.82 Å². The zero-order valence-corrected chi connectivity index (χ0v) is 14.1. The molecule has 0 unspecified atom stereocenters. The van der Waals surface area contributed by atoms with Crippen molar-refractivity contribution < 1.29 is 0 Å². The van der Waals surface area contributed by atoms with Gasteiger partial charge in [0.25, 0.3) is 0 Å². The summed E-state index contributed by atoms with van der Waals surface area (Å²) in [7, 11) is 0. The lowest BCUT2D eigenvalue weighted by molar-refractivity contribution is 0.288. The molecule has 0 radical (unpaired) electrons. The first-order valence-corrected chi connectivity index (χ1v) is 8.42. The Balaban J connectivity index is 1.97. The van der Waals surface area contributed by atoms with Crippen molar-refractivity contribution in [2.75, 3.05) is 31.1 Å². The van der Waals surface area contributed by atoms with Crippen LogP contribution in [0, 0.1) is 0 Å². The van der Waals surface area contributed by atoms with E-state index in [1.807, 2.05) is 6.20 Å². The van der Waals surface area contributed by atoms with E-state index in [9.17, 15) is 0 Å². The van der Waals surface area contributed by atoms with Crippen molar-refractivity contribution in [2.45, 2.75) is 45.6 Å². The average molecular weight is 341 g/mol. The van der Waals surface area contributed by atoms with E-state index in [-0.39, 0.29) is 0 Å². The van der Waals surface area contributed by atoms with E-state index in [2.05, 4.69) is 49.5 Å². The molecule has 0 bridgehead atoms. The van der Waals surface area contributed by atoms with Crippen LogP contribution in [0.15, 0.2) is 17.0 Å². The highest BCUT2D eigenvalue weighted by Gasteiger charge is 2.17. The Bertz CT molecular complexity index is 403. The molecule has 0 N–H and O–H groups in total. The third kappa shape index (κ3) is 4.42. The molecule has 0 aliphatic carbocycles. The third-order valence-corrected chi connectivity index (χ3v) is 4.46. The zero-order chi connectivity index (χ0) is 14.4. The summed E-state index contributed by atoms with van der Waals surface area (Å²) in [6, 6.07) is 0.438. The molecule has 1 aliphatic heterocycles. The van der Waals surface area contributed by atoms with E-state index in [0.29, 0.717) is 6.04 Å². The first kappa shape index (κ1) is 15.7. The Kier molecular flexibility index (Phi) is 6.23. The Labute approximate surface area is 130 Å². The first-order chi connectivity index (χ1) is 9.68. The van der Waals surface area contributed by atoms with Crippen LogP contribution in [0.3, 0.4) is 0 Å². The molecular formula is C15H25BrN4.